The highest BCUT2D eigenvalue weighted by molar-refractivity contribution is 4.96. The summed E-state index contributed by atoms with van der Waals surface area (Å²) in [4.78, 5) is 2.33. The Balaban J connectivity index is 1.65. The van der Waals surface area contributed by atoms with E-state index in [2.05, 4.69) is 23.3 Å². The van der Waals surface area contributed by atoms with Crippen molar-refractivity contribution in [2.75, 3.05) is 26.8 Å². The minimum Gasteiger partial charge on any atom is -0.380 e. The van der Waals surface area contributed by atoms with Gasteiger partial charge in [0.1, 0.15) is 0 Å². The molecule has 2 aliphatic rings. The van der Waals surface area contributed by atoms with Crippen LogP contribution < -0.4 is 5.32 Å². The minimum absolute atomic E-state index is 0.0253. The van der Waals surface area contributed by atoms with Crippen LogP contribution in [0.3, 0.4) is 0 Å². The van der Waals surface area contributed by atoms with Crippen LogP contribution in [0.4, 0.5) is 0 Å². The van der Waals surface area contributed by atoms with E-state index in [0.717, 1.165) is 32.6 Å². The van der Waals surface area contributed by atoms with Crippen LogP contribution in [-0.2, 0) is 4.74 Å². The Labute approximate surface area is 97.6 Å². The van der Waals surface area contributed by atoms with Gasteiger partial charge in [0.2, 0.25) is 0 Å². The number of likely N-dealkylation sites (N-methyl/N-ethyl adjacent to an activating group) is 1. The quantitative estimate of drug-likeness (QED) is 0.721. The van der Waals surface area contributed by atoms with Crippen molar-refractivity contribution in [2.24, 2.45) is 0 Å². The van der Waals surface area contributed by atoms with Crippen molar-refractivity contribution >= 4 is 0 Å². The molecular weight excluding hydrogens is 202 g/mol. The average Bonchev–Trinajstić information content (AvgIpc) is 2.94. The largest absolute Gasteiger partial charge is 0.380 e. The normalized spacial score (nSPS) is 26.9. The molecule has 0 aromatic carbocycles. The maximum absolute atomic E-state index is 9.03. The summed E-state index contributed by atoms with van der Waals surface area (Å²) in [5, 5.41) is 12.4. The van der Waals surface area contributed by atoms with Gasteiger partial charge < -0.3 is 9.64 Å². The van der Waals surface area contributed by atoms with E-state index in [1.165, 1.54) is 12.8 Å². The van der Waals surface area contributed by atoms with Crippen LogP contribution in [0.25, 0.3) is 0 Å². The van der Waals surface area contributed by atoms with Crippen LogP contribution in [-0.4, -0.2) is 49.8 Å². The lowest BCUT2D eigenvalue weighted by Gasteiger charge is -2.23. The molecule has 1 saturated heterocycles. The van der Waals surface area contributed by atoms with Gasteiger partial charge >= 0.3 is 0 Å². The van der Waals surface area contributed by atoms with E-state index in [0.29, 0.717) is 12.1 Å². The second kappa shape index (κ2) is 5.62. The molecule has 0 amide bonds. The van der Waals surface area contributed by atoms with Crippen molar-refractivity contribution in [3.8, 4) is 6.07 Å². The molecule has 1 heterocycles. The molecule has 90 valence electrons. The molecule has 0 aromatic rings. The molecule has 16 heavy (non-hydrogen) atoms. The molecule has 1 aliphatic carbocycles. The van der Waals surface area contributed by atoms with Gasteiger partial charge in [-0.05, 0) is 32.7 Å². The Bertz CT molecular complexity index is 253. The van der Waals surface area contributed by atoms with Gasteiger partial charge in [-0.1, -0.05) is 0 Å². The predicted octanol–water partition coefficient (Wildman–Crippen LogP) is 0.741. The van der Waals surface area contributed by atoms with Crippen LogP contribution in [0.15, 0.2) is 0 Å². The van der Waals surface area contributed by atoms with E-state index < -0.39 is 0 Å². The smallest absolute Gasteiger partial charge is 0.0967 e. The molecule has 0 radical (unpaired) electrons. The molecule has 0 aromatic heterocycles. The first kappa shape index (κ1) is 11.8. The first-order chi connectivity index (χ1) is 7.79. The summed E-state index contributed by atoms with van der Waals surface area (Å²) in [5.41, 5.74) is 0. The van der Waals surface area contributed by atoms with Crippen molar-refractivity contribution in [1.29, 1.82) is 5.26 Å². The predicted molar refractivity (Wildman–Crippen MR) is 62.0 cm³/mol. The Hall–Kier alpha value is -0.630. The fourth-order valence-electron chi connectivity index (χ4n) is 2.10. The topological polar surface area (TPSA) is 48.3 Å². The van der Waals surface area contributed by atoms with Crippen molar-refractivity contribution in [2.45, 2.75) is 43.8 Å². The van der Waals surface area contributed by atoms with E-state index in [-0.39, 0.29) is 6.04 Å². The Kier molecular flexibility index (Phi) is 4.16. The van der Waals surface area contributed by atoms with Gasteiger partial charge in [-0.3, -0.25) is 5.32 Å². The van der Waals surface area contributed by atoms with Crippen LogP contribution in [0.5, 0.6) is 0 Å². The lowest BCUT2D eigenvalue weighted by atomic mass is 10.2. The van der Waals surface area contributed by atoms with E-state index >= 15 is 0 Å². The van der Waals surface area contributed by atoms with Gasteiger partial charge in [-0.25, -0.2) is 0 Å². The van der Waals surface area contributed by atoms with Gasteiger partial charge in [0.05, 0.1) is 18.7 Å². The van der Waals surface area contributed by atoms with Gasteiger partial charge in [0, 0.05) is 25.2 Å². The van der Waals surface area contributed by atoms with E-state index in [9.17, 15) is 0 Å². The summed E-state index contributed by atoms with van der Waals surface area (Å²) in [6.45, 7) is 2.72. The first-order valence-corrected chi connectivity index (χ1v) is 6.23. The maximum Gasteiger partial charge on any atom is 0.0967 e. The molecule has 1 saturated carbocycles. The highest BCUT2D eigenvalue weighted by atomic mass is 16.5. The third-order valence-electron chi connectivity index (χ3n) is 3.47. The maximum atomic E-state index is 9.03. The zero-order valence-corrected chi connectivity index (χ0v) is 9.98. The lowest BCUT2D eigenvalue weighted by molar-refractivity contribution is 0.157. The molecule has 4 heteroatoms. The van der Waals surface area contributed by atoms with Gasteiger partial charge in [-0.15, -0.1) is 0 Å². The minimum atomic E-state index is 0.0253. The molecule has 1 N–H and O–H groups in total. The Morgan fingerprint density at radius 1 is 1.50 bits per heavy atom. The zero-order valence-electron chi connectivity index (χ0n) is 9.98. The van der Waals surface area contributed by atoms with E-state index in [1.54, 1.807) is 0 Å². The number of nitrogens with one attached hydrogen (secondary N) is 1. The van der Waals surface area contributed by atoms with Gasteiger partial charge in [-0.2, -0.15) is 5.26 Å². The summed E-state index contributed by atoms with van der Waals surface area (Å²) >= 11 is 0. The van der Waals surface area contributed by atoms with Crippen LogP contribution in [0, 0.1) is 11.3 Å². The number of rotatable bonds is 6. The molecule has 2 unspecified atom stereocenters. The Morgan fingerprint density at radius 2 is 2.31 bits per heavy atom. The van der Waals surface area contributed by atoms with Crippen molar-refractivity contribution in [1.82, 2.24) is 10.2 Å². The third-order valence-corrected chi connectivity index (χ3v) is 3.47. The van der Waals surface area contributed by atoms with Gasteiger partial charge in [0.25, 0.3) is 0 Å². The Morgan fingerprint density at radius 3 is 2.88 bits per heavy atom. The number of hydrogen-bond donors (Lipinski definition) is 1. The summed E-state index contributed by atoms with van der Waals surface area (Å²) in [6.07, 6.45) is 4.53. The van der Waals surface area contributed by atoms with Crippen LogP contribution in [0.1, 0.15) is 25.7 Å². The van der Waals surface area contributed by atoms with Crippen LogP contribution >= 0.6 is 0 Å². The standard InChI is InChI=1S/C12H21N3O/c1-15(12-5-7-16-9-12)6-4-11(8-13)14-10-2-3-10/h10-12,14H,2-7,9H2,1H3. The fraction of sp³-hybridized carbons (Fsp3) is 0.917. The zero-order chi connectivity index (χ0) is 11.4. The lowest BCUT2D eigenvalue weighted by Crippen LogP contribution is -2.37. The molecule has 4 nitrogen and oxygen atoms in total. The van der Waals surface area contributed by atoms with Crippen LogP contribution in [0.2, 0.25) is 0 Å². The first-order valence-electron chi connectivity index (χ1n) is 6.23. The molecule has 2 atom stereocenters. The number of nitrogens with zero attached hydrogens (tertiary/aromatic N) is 2. The number of ether oxygens (including phenoxy) is 1. The number of hydrogen-bond acceptors (Lipinski definition) is 4. The van der Waals surface area contributed by atoms with Crippen molar-refractivity contribution in [3.63, 3.8) is 0 Å². The average molecular weight is 223 g/mol. The molecule has 2 rings (SSSR count). The second-order valence-corrected chi connectivity index (χ2v) is 4.91. The molecular formula is C12H21N3O. The van der Waals surface area contributed by atoms with Crippen molar-refractivity contribution < 1.29 is 4.74 Å². The summed E-state index contributed by atoms with van der Waals surface area (Å²) in [7, 11) is 2.13. The highest BCUT2D eigenvalue weighted by Crippen LogP contribution is 2.20. The molecule has 1 aliphatic heterocycles. The SMILES string of the molecule is CN(CCC(C#N)NC1CC1)C1CCOC1. The van der Waals surface area contributed by atoms with E-state index in [4.69, 9.17) is 10.00 Å². The molecule has 0 spiro atoms. The number of nitriles is 1. The third kappa shape index (κ3) is 3.44. The van der Waals surface area contributed by atoms with Crippen molar-refractivity contribution in [3.05, 3.63) is 0 Å². The molecule has 2 fully saturated rings. The summed E-state index contributed by atoms with van der Waals surface area (Å²) in [5.74, 6) is 0. The monoisotopic (exact) mass is 223 g/mol. The fourth-order valence-corrected chi connectivity index (χ4v) is 2.10. The molecule has 0 bridgehead atoms. The summed E-state index contributed by atoms with van der Waals surface area (Å²) < 4.78 is 5.36. The summed E-state index contributed by atoms with van der Waals surface area (Å²) in [6, 6.07) is 3.55. The highest BCUT2D eigenvalue weighted by Gasteiger charge is 2.25. The second-order valence-electron chi connectivity index (χ2n) is 4.91. The van der Waals surface area contributed by atoms with Gasteiger partial charge in [0.15, 0.2) is 0 Å². The van der Waals surface area contributed by atoms with E-state index in [1.807, 2.05) is 0 Å².